The third-order valence-electron chi connectivity index (χ3n) is 2.26. The maximum atomic E-state index is 9.72. The molecule has 72 valence electrons. The standard InChI is InChI=1S/C11H22O/c1-4-7-10(8-5-2)11(12)9-6-3/h4,10-12H,1,5-9H2,2-3H3/t10-,11+/m1/s1. The highest BCUT2D eigenvalue weighted by Gasteiger charge is 2.15. The Morgan fingerprint density at radius 3 is 2.25 bits per heavy atom. The van der Waals surface area contributed by atoms with Gasteiger partial charge in [-0.25, -0.2) is 0 Å². The van der Waals surface area contributed by atoms with Crippen molar-refractivity contribution >= 4 is 0 Å². The molecule has 0 saturated carbocycles. The molecule has 0 rings (SSSR count). The average molecular weight is 170 g/mol. The summed E-state index contributed by atoms with van der Waals surface area (Å²) in [7, 11) is 0. The molecule has 0 heterocycles. The molecule has 0 saturated heterocycles. The van der Waals surface area contributed by atoms with Crippen LogP contribution in [0.5, 0.6) is 0 Å². The summed E-state index contributed by atoms with van der Waals surface area (Å²) < 4.78 is 0. The molecule has 0 aromatic heterocycles. The summed E-state index contributed by atoms with van der Waals surface area (Å²) in [5.74, 6) is 0.437. The van der Waals surface area contributed by atoms with E-state index in [1.165, 1.54) is 0 Å². The number of aliphatic hydroxyl groups is 1. The first kappa shape index (κ1) is 11.7. The summed E-state index contributed by atoms with van der Waals surface area (Å²) in [5.41, 5.74) is 0. The van der Waals surface area contributed by atoms with E-state index >= 15 is 0 Å². The highest BCUT2D eigenvalue weighted by atomic mass is 16.3. The SMILES string of the molecule is C=CC[C@H](CCC)[C@@H](O)CCC. The van der Waals surface area contributed by atoms with Crippen LogP contribution in [0.1, 0.15) is 46.0 Å². The lowest BCUT2D eigenvalue weighted by atomic mass is 9.91. The highest BCUT2D eigenvalue weighted by molar-refractivity contribution is 4.77. The summed E-state index contributed by atoms with van der Waals surface area (Å²) in [6.07, 6.45) is 7.02. The van der Waals surface area contributed by atoms with Crippen molar-refractivity contribution in [1.29, 1.82) is 0 Å². The van der Waals surface area contributed by atoms with Gasteiger partial charge in [0.05, 0.1) is 6.10 Å². The minimum Gasteiger partial charge on any atom is -0.393 e. The molecule has 0 aliphatic heterocycles. The molecule has 1 nitrogen and oxygen atoms in total. The van der Waals surface area contributed by atoms with Crippen LogP contribution in [0.4, 0.5) is 0 Å². The molecule has 0 aromatic rings. The molecule has 0 bridgehead atoms. The third-order valence-corrected chi connectivity index (χ3v) is 2.26. The molecular weight excluding hydrogens is 148 g/mol. The van der Waals surface area contributed by atoms with Crippen molar-refractivity contribution in [3.8, 4) is 0 Å². The fraction of sp³-hybridized carbons (Fsp3) is 0.818. The zero-order valence-corrected chi connectivity index (χ0v) is 8.42. The Kier molecular flexibility index (Phi) is 7.17. The van der Waals surface area contributed by atoms with Gasteiger partial charge in [-0.3, -0.25) is 0 Å². The van der Waals surface area contributed by atoms with Crippen LogP contribution in [0.2, 0.25) is 0 Å². The van der Waals surface area contributed by atoms with Crippen molar-refractivity contribution in [2.75, 3.05) is 0 Å². The Labute approximate surface area is 76.5 Å². The smallest absolute Gasteiger partial charge is 0.0571 e. The van der Waals surface area contributed by atoms with Gasteiger partial charge in [0, 0.05) is 0 Å². The number of rotatable bonds is 7. The molecule has 0 fully saturated rings. The molecule has 1 heteroatoms. The van der Waals surface area contributed by atoms with Crippen molar-refractivity contribution in [1.82, 2.24) is 0 Å². The molecule has 2 atom stereocenters. The lowest BCUT2D eigenvalue weighted by molar-refractivity contribution is 0.0939. The molecule has 0 aliphatic rings. The predicted molar refractivity (Wildman–Crippen MR) is 54.1 cm³/mol. The van der Waals surface area contributed by atoms with Gasteiger partial charge in [0.25, 0.3) is 0 Å². The average Bonchev–Trinajstić information content (AvgIpc) is 2.04. The van der Waals surface area contributed by atoms with Gasteiger partial charge in [-0.1, -0.05) is 32.8 Å². The molecule has 0 unspecified atom stereocenters. The Hall–Kier alpha value is -0.300. The first-order valence-electron chi connectivity index (χ1n) is 5.05. The fourth-order valence-electron chi connectivity index (χ4n) is 1.58. The largest absolute Gasteiger partial charge is 0.393 e. The Bertz CT molecular complexity index is 110. The molecule has 0 aliphatic carbocycles. The summed E-state index contributed by atoms with van der Waals surface area (Å²) in [5, 5.41) is 9.72. The summed E-state index contributed by atoms with van der Waals surface area (Å²) in [4.78, 5) is 0. The van der Waals surface area contributed by atoms with Crippen molar-refractivity contribution in [2.45, 2.75) is 52.1 Å². The van der Waals surface area contributed by atoms with Crippen molar-refractivity contribution in [2.24, 2.45) is 5.92 Å². The summed E-state index contributed by atoms with van der Waals surface area (Å²) >= 11 is 0. The van der Waals surface area contributed by atoms with E-state index in [-0.39, 0.29) is 6.10 Å². The van der Waals surface area contributed by atoms with E-state index in [1.54, 1.807) is 0 Å². The molecular formula is C11H22O. The van der Waals surface area contributed by atoms with E-state index in [9.17, 15) is 5.11 Å². The van der Waals surface area contributed by atoms with Gasteiger partial charge in [0.2, 0.25) is 0 Å². The second-order valence-electron chi connectivity index (χ2n) is 3.43. The minimum absolute atomic E-state index is 0.118. The zero-order chi connectivity index (χ0) is 9.40. The van der Waals surface area contributed by atoms with Gasteiger partial charge in [-0.15, -0.1) is 6.58 Å². The predicted octanol–water partition coefficient (Wildman–Crippen LogP) is 3.14. The Balaban J connectivity index is 3.80. The Morgan fingerprint density at radius 2 is 1.83 bits per heavy atom. The van der Waals surface area contributed by atoms with E-state index in [2.05, 4.69) is 20.4 Å². The van der Waals surface area contributed by atoms with Gasteiger partial charge >= 0.3 is 0 Å². The van der Waals surface area contributed by atoms with Crippen molar-refractivity contribution < 1.29 is 5.11 Å². The monoisotopic (exact) mass is 170 g/mol. The lowest BCUT2D eigenvalue weighted by Gasteiger charge is -2.20. The molecule has 0 radical (unpaired) electrons. The van der Waals surface area contributed by atoms with E-state index in [0.29, 0.717) is 5.92 Å². The molecule has 1 N–H and O–H groups in total. The quantitative estimate of drug-likeness (QED) is 0.582. The minimum atomic E-state index is -0.118. The molecule has 0 amide bonds. The Morgan fingerprint density at radius 1 is 1.25 bits per heavy atom. The van der Waals surface area contributed by atoms with Gasteiger partial charge in [0.15, 0.2) is 0 Å². The van der Waals surface area contributed by atoms with Crippen LogP contribution in [0.25, 0.3) is 0 Å². The maximum Gasteiger partial charge on any atom is 0.0571 e. The van der Waals surface area contributed by atoms with Gasteiger partial charge in [0.1, 0.15) is 0 Å². The second kappa shape index (κ2) is 7.35. The first-order valence-corrected chi connectivity index (χ1v) is 5.05. The van der Waals surface area contributed by atoms with E-state index in [0.717, 1.165) is 32.1 Å². The van der Waals surface area contributed by atoms with Crippen LogP contribution < -0.4 is 0 Å². The van der Waals surface area contributed by atoms with Crippen LogP contribution in [-0.4, -0.2) is 11.2 Å². The van der Waals surface area contributed by atoms with Gasteiger partial charge in [-0.2, -0.15) is 0 Å². The fourth-order valence-corrected chi connectivity index (χ4v) is 1.58. The van der Waals surface area contributed by atoms with Crippen LogP contribution in [0.15, 0.2) is 12.7 Å². The third kappa shape index (κ3) is 4.55. The number of hydrogen-bond acceptors (Lipinski definition) is 1. The van der Waals surface area contributed by atoms with Crippen LogP contribution >= 0.6 is 0 Å². The zero-order valence-electron chi connectivity index (χ0n) is 8.42. The number of hydrogen-bond donors (Lipinski definition) is 1. The summed E-state index contributed by atoms with van der Waals surface area (Å²) in [6, 6.07) is 0. The van der Waals surface area contributed by atoms with E-state index < -0.39 is 0 Å². The van der Waals surface area contributed by atoms with E-state index in [4.69, 9.17) is 0 Å². The maximum absolute atomic E-state index is 9.72. The van der Waals surface area contributed by atoms with Crippen LogP contribution in [-0.2, 0) is 0 Å². The normalized spacial score (nSPS) is 15.6. The molecule has 0 spiro atoms. The van der Waals surface area contributed by atoms with Crippen molar-refractivity contribution in [3.63, 3.8) is 0 Å². The molecule has 12 heavy (non-hydrogen) atoms. The molecule has 0 aromatic carbocycles. The van der Waals surface area contributed by atoms with Crippen LogP contribution in [0.3, 0.4) is 0 Å². The second-order valence-corrected chi connectivity index (χ2v) is 3.43. The van der Waals surface area contributed by atoms with Crippen molar-refractivity contribution in [3.05, 3.63) is 12.7 Å². The van der Waals surface area contributed by atoms with Gasteiger partial charge < -0.3 is 5.11 Å². The lowest BCUT2D eigenvalue weighted by Crippen LogP contribution is -2.19. The number of aliphatic hydroxyl groups excluding tert-OH is 1. The highest BCUT2D eigenvalue weighted by Crippen LogP contribution is 2.19. The van der Waals surface area contributed by atoms with Crippen LogP contribution in [0, 0.1) is 5.92 Å². The van der Waals surface area contributed by atoms with Gasteiger partial charge in [-0.05, 0) is 25.2 Å². The van der Waals surface area contributed by atoms with E-state index in [1.807, 2.05) is 6.08 Å². The topological polar surface area (TPSA) is 20.2 Å². The summed E-state index contributed by atoms with van der Waals surface area (Å²) in [6.45, 7) is 7.99. The first-order chi connectivity index (χ1) is 5.76. The number of allylic oxidation sites excluding steroid dienone is 1.